The van der Waals surface area contributed by atoms with Crippen molar-refractivity contribution in [1.82, 2.24) is 9.80 Å². The van der Waals surface area contributed by atoms with E-state index in [0.717, 1.165) is 22.3 Å². The Balaban J connectivity index is 1.44. The second kappa shape index (κ2) is 9.29. The van der Waals surface area contributed by atoms with Crippen LogP contribution in [-0.2, 0) is 28.5 Å². The van der Waals surface area contributed by atoms with Gasteiger partial charge in [0.2, 0.25) is 0 Å². The third-order valence-corrected chi connectivity index (χ3v) is 6.97. The van der Waals surface area contributed by atoms with Crippen molar-refractivity contribution in [3.63, 3.8) is 0 Å². The molecule has 0 atom stereocenters. The summed E-state index contributed by atoms with van der Waals surface area (Å²) in [6, 6.07) is 15.5. The van der Waals surface area contributed by atoms with Gasteiger partial charge in [-0.2, -0.15) is 0 Å². The monoisotopic (exact) mass is 488 g/mol. The maximum Gasteiger partial charge on any atom is 0.261 e. The molecule has 0 spiro atoms. The molecule has 4 aliphatic heterocycles. The van der Waals surface area contributed by atoms with Crippen LogP contribution in [0.1, 0.15) is 48.7 Å². The molecule has 0 aromatic heterocycles. The Morgan fingerprint density at radius 2 is 0.944 bits per heavy atom. The third kappa shape index (κ3) is 3.60. The Morgan fingerprint density at radius 3 is 1.25 bits per heavy atom. The van der Waals surface area contributed by atoms with E-state index < -0.39 is 0 Å². The van der Waals surface area contributed by atoms with Crippen molar-refractivity contribution in [3.05, 3.63) is 81.9 Å². The highest BCUT2D eigenvalue weighted by Crippen LogP contribution is 2.46. The number of hydrogen-bond acceptors (Lipinski definition) is 6. The van der Waals surface area contributed by atoms with Crippen LogP contribution < -0.4 is 0 Å². The van der Waals surface area contributed by atoms with Crippen LogP contribution in [0.15, 0.2) is 59.7 Å². The Hall–Kier alpha value is -3.30. The van der Waals surface area contributed by atoms with Gasteiger partial charge < -0.3 is 28.7 Å². The molecule has 2 amide bonds. The highest BCUT2D eigenvalue weighted by atomic mass is 16.7. The number of carbonyl (C=O) groups is 2. The van der Waals surface area contributed by atoms with Crippen LogP contribution in [-0.4, -0.2) is 61.1 Å². The zero-order chi connectivity index (χ0) is 24.8. The summed E-state index contributed by atoms with van der Waals surface area (Å²) < 4.78 is 22.4. The molecular formula is C28H28N2O6. The molecular weight excluding hydrogens is 460 g/mol. The summed E-state index contributed by atoms with van der Waals surface area (Å²) in [6.45, 7) is 7.04. The van der Waals surface area contributed by atoms with Crippen molar-refractivity contribution in [3.8, 4) is 0 Å². The van der Waals surface area contributed by atoms with Gasteiger partial charge in [-0.25, -0.2) is 0 Å². The van der Waals surface area contributed by atoms with Crippen LogP contribution in [0, 0.1) is 0 Å². The zero-order valence-electron chi connectivity index (χ0n) is 20.4. The van der Waals surface area contributed by atoms with E-state index in [9.17, 15) is 9.59 Å². The minimum absolute atomic E-state index is 0.153. The van der Waals surface area contributed by atoms with Gasteiger partial charge >= 0.3 is 0 Å². The molecule has 0 aliphatic carbocycles. The van der Waals surface area contributed by atoms with Crippen LogP contribution >= 0.6 is 0 Å². The lowest BCUT2D eigenvalue weighted by Gasteiger charge is -2.24. The van der Waals surface area contributed by atoms with Crippen LogP contribution in [0.2, 0.25) is 0 Å². The normalized spacial score (nSPS) is 21.1. The molecule has 0 N–H and O–H groups in total. The van der Waals surface area contributed by atoms with Gasteiger partial charge in [0.25, 0.3) is 11.8 Å². The van der Waals surface area contributed by atoms with Gasteiger partial charge in [-0.3, -0.25) is 9.59 Å². The fourth-order valence-electron chi connectivity index (χ4n) is 5.30. The molecule has 0 saturated carbocycles. The number of carbonyl (C=O) groups excluding carboxylic acids is 2. The predicted molar refractivity (Wildman–Crippen MR) is 131 cm³/mol. The van der Waals surface area contributed by atoms with E-state index in [-0.39, 0.29) is 24.4 Å². The molecule has 2 fully saturated rings. The van der Waals surface area contributed by atoms with Gasteiger partial charge in [-0.15, -0.1) is 0 Å². The SMILES string of the molecule is CCN1C(=O)C2=C(c3ccc(C4OCCO4)cc3)N(CC)C(=O)C2=C1c1ccc(C2OCCO2)cc1. The molecule has 0 unspecified atom stereocenters. The molecule has 4 aliphatic rings. The number of hydrogen-bond donors (Lipinski definition) is 0. The van der Waals surface area contributed by atoms with E-state index in [1.54, 1.807) is 9.80 Å². The summed E-state index contributed by atoms with van der Waals surface area (Å²) in [7, 11) is 0. The highest BCUT2D eigenvalue weighted by molar-refractivity contribution is 6.30. The predicted octanol–water partition coefficient (Wildman–Crippen LogP) is 3.62. The van der Waals surface area contributed by atoms with Crippen molar-refractivity contribution in [2.24, 2.45) is 0 Å². The second-order valence-electron chi connectivity index (χ2n) is 8.94. The standard InChI is InChI=1S/C28H28N2O6/c1-3-29-23(17-5-9-19(10-6-17)27-33-13-14-34-27)21-22(25(29)31)24(30(4-2)26(21)32)18-7-11-20(12-8-18)28-35-15-16-36-28/h5-12,27-28H,3-4,13-16H2,1-2H3. The number of fused-ring (bicyclic) bond motifs is 1. The smallest absolute Gasteiger partial charge is 0.261 e. The molecule has 2 saturated heterocycles. The summed E-state index contributed by atoms with van der Waals surface area (Å²) in [4.78, 5) is 30.8. The Morgan fingerprint density at radius 1 is 0.611 bits per heavy atom. The van der Waals surface area contributed by atoms with E-state index in [4.69, 9.17) is 18.9 Å². The molecule has 2 aromatic carbocycles. The largest absolute Gasteiger partial charge is 0.346 e. The lowest BCUT2D eigenvalue weighted by Crippen LogP contribution is -2.29. The van der Waals surface area contributed by atoms with Gasteiger partial charge in [0, 0.05) is 24.2 Å². The third-order valence-electron chi connectivity index (χ3n) is 6.97. The first-order chi connectivity index (χ1) is 17.6. The van der Waals surface area contributed by atoms with E-state index in [1.165, 1.54) is 0 Å². The lowest BCUT2D eigenvalue weighted by atomic mass is 10.0. The topological polar surface area (TPSA) is 77.5 Å². The van der Waals surface area contributed by atoms with E-state index in [1.807, 2.05) is 62.4 Å². The second-order valence-corrected chi connectivity index (χ2v) is 8.94. The highest BCUT2D eigenvalue weighted by Gasteiger charge is 2.48. The summed E-state index contributed by atoms with van der Waals surface area (Å²) in [5, 5.41) is 0. The van der Waals surface area contributed by atoms with Crippen molar-refractivity contribution in [1.29, 1.82) is 0 Å². The number of benzene rings is 2. The van der Waals surface area contributed by atoms with Gasteiger partial charge in [-0.05, 0) is 25.0 Å². The number of amides is 2. The number of likely N-dealkylation sites (N-methyl/N-ethyl adjacent to an activating group) is 2. The van der Waals surface area contributed by atoms with Crippen LogP contribution in [0.4, 0.5) is 0 Å². The molecule has 6 rings (SSSR count). The average molecular weight is 489 g/mol. The Bertz CT molecular complexity index is 1150. The Kier molecular flexibility index (Phi) is 5.97. The fraction of sp³-hybridized carbons (Fsp3) is 0.357. The van der Waals surface area contributed by atoms with Gasteiger partial charge in [0.15, 0.2) is 12.6 Å². The van der Waals surface area contributed by atoms with Gasteiger partial charge in [-0.1, -0.05) is 48.5 Å². The number of ether oxygens (including phenoxy) is 4. The average Bonchev–Trinajstić information content (AvgIpc) is 3.71. The fourth-order valence-corrected chi connectivity index (χ4v) is 5.30. The maximum atomic E-state index is 13.7. The first-order valence-electron chi connectivity index (χ1n) is 12.4. The minimum atomic E-state index is -0.377. The maximum absolute atomic E-state index is 13.7. The quantitative estimate of drug-likeness (QED) is 0.618. The van der Waals surface area contributed by atoms with Gasteiger partial charge in [0.05, 0.1) is 49.0 Å². The number of nitrogens with zero attached hydrogens (tertiary/aromatic N) is 2. The van der Waals surface area contributed by atoms with Crippen molar-refractivity contribution in [2.45, 2.75) is 26.4 Å². The Labute approximate surface area is 209 Å². The van der Waals surface area contributed by atoms with Crippen molar-refractivity contribution >= 4 is 23.2 Å². The molecule has 0 radical (unpaired) electrons. The molecule has 8 heteroatoms. The summed E-state index contributed by atoms with van der Waals surface area (Å²) >= 11 is 0. The molecule has 0 bridgehead atoms. The van der Waals surface area contributed by atoms with Crippen LogP contribution in [0.25, 0.3) is 11.4 Å². The summed E-state index contributed by atoms with van der Waals surface area (Å²) in [5.41, 5.74) is 5.68. The molecule has 4 heterocycles. The van der Waals surface area contributed by atoms with Gasteiger partial charge in [0.1, 0.15) is 0 Å². The lowest BCUT2D eigenvalue weighted by molar-refractivity contribution is -0.124. The first kappa shape index (κ1) is 23.1. The molecule has 8 nitrogen and oxygen atoms in total. The van der Waals surface area contributed by atoms with Crippen molar-refractivity contribution < 1.29 is 28.5 Å². The van der Waals surface area contributed by atoms with Crippen LogP contribution in [0.3, 0.4) is 0 Å². The van der Waals surface area contributed by atoms with E-state index >= 15 is 0 Å². The van der Waals surface area contributed by atoms with E-state index in [2.05, 4.69) is 0 Å². The minimum Gasteiger partial charge on any atom is -0.346 e. The molecule has 2 aromatic rings. The number of rotatable bonds is 6. The van der Waals surface area contributed by atoms with E-state index in [0.29, 0.717) is 62.1 Å². The first-order valence-corrected chi connectivity index (χ1v) is 12.4. The zero-order valence-corrected chi connectivity index (χ0v) is 20.4. The summed E-state index contributed by atoms with van der Waals surface area (Å²) in [6.07, 6.45) is -0.754. The summed E-state index contributed by atoms with van der Waals surface area (Å²) in [5.74, 6) is -0.306. The van der Waals surface area contributed by atoms with Crippen molar-refractivity contribution in [2.75, 3.05) is 39.5 Å². The molecule has 36 heavy (non-hydrogen) atoms. The van der Waals surface area contributed by atoms with Crippen LogP contribution in [0.5, 0.6) is 0 Å². The molecule has 186 valence electrons.